The second-order valence-electron chi connectivity index (χ2n) is 4.23. The minimum absolute atomic E-state index is 0.134. The van der Waals surface area contributed by atoms with Gasteiger partial charge in [0.05, 0.1) is 11.8 Å². The van der Waals surface area contributed by atoms with Crippen LogP contribution in [0.5, 0.6) is 0 Å². The van der Waals surface area contributed by atoms with Crippen molar-refractivity contribution in [1.29, 1.82) is 0 Å². The number of allylic oxidation sites excluding steroid dienone is 2. The predicted octanol–water partition coefficient (Wildman–Crippen LogP) is 1.62. The van der Waals surface area contributed by atoms with E-state index in [-0.39, 0.29) is 11.8 Å². The van der Waals surface area contributed by atoms with Crippen LogP contribution in [0, 0.1) is 23.7 Å². The van der Waals surface area contributed by atoms with Crippen LogP contribution in [0.1, 0.15) is 20.3 Å². The topological polar surface area (TPSA) is 74.6 Å². The second-order valence-corrected chi connectivity index (χ2v) is 4.23. The van der Waals surface area contributed by atoms with Gasteiger partial charge in [-0.2, -0.15) is 0 Å². The SMILES string of the molecule is CC1C=CCC(C)C(C(=O)O)C1C(=O)O. The van der Waals surface area contributed by atoms with Crippen LogP contribution in [0.2, 0.25) is 0 Å². The molecule has 0 bridgehead atoms. The van der Waals surface area contributed by atoms with E-state index in [1.165, 1.54) is 0 Å². The van der Waals surface area contributed by atoms with E-state index >= 15 is 0 Å². The Bertz CT molecular complexity index is 295. The average Bonchev–Trinajstić information content (AvgIpc) is 2.24. The summed E-state index contributed by atoms with van der Waals surface area (Å²) >= 11 is 0. The lowest BCUT2D eigenvalue weighted by Crippen LogP contribution is -2.36. The summed E-state index contributed by atoms with van der Waals surface area (Å²) in [4.78, 5) is 22.2. The molecule has 1 aliphatic carbocycles. The normalized spacial score (nSPS) is 35.9. The maximum absolute atomic E-state index is 11.1. The van der Waals surface area contributed by atoms with Gasteiger partial charge in [0.25, 0.3) is 0 Å². The van der Waals surface area contributed by atoms with Gasteiger partial charge in [-0.25, -0.2) is 0 Å². The summed E-state index contributed by atoms with van der Waals surface area (Å²) in [6.07, 6.45) is 4.32. The average molecular weight is 212 g/mol. The van der Waals surface area contributed by atoms with E-state index in [2.05, 4.69) is 0 Å². The van der Waals surface area contributed by atoms with E-state index in [1.807, 2.05) is 6.08 Å². The van der Waals surface area contributed by atoms with Crippen molar-refractivity contribution in [1.82, 2.24) is 0 Å². The molecule has 0 aromatic heterocycles. The molecule has 0 heterocycles. The fraction of sp³-hybridized carbons (Fsp3) is 0.636. The first-order valence-electron chi connectivity index (χ1n) is 5.07. The molecule has 0 radical (unpaired) electrons. The Morgan fingerprint density at radius 1 is 1.13 bits per heavy atom. The van der Waals surface area contributed by atoms with Gasteiger partial charge in [-0.05, 0) is 18.3 Å². The fourth-order valence-electron chi connectivity index (χ4n) is 2.23. The van der Waals surface area contributed by atoms with Gasteiger partial charge in [0.1, 0.15) is 0 Å². The van der Waals surface area contributed by atoms with E-state index in [1.54, 1.807) is 19.9 Å². The molecule has 4 nitrogen and oxygen atoms in total. The quantitative estimate of drug-likeness (QED) is 0.682. The second kappa shape index (κ2) is 4.47. The van der Waals surface area contributed by atoms with Gasteiger partial charge in [-0.1, -0.05) is 26.0 Å². The van der Waals surface area contributed by atoms with Crippen LogP contribution < -0.4 is 0 Å². The van der Waals surface area contributed by atoms with Gasteiger partial charge in [-0.15, -0.1) is 0 Å². The highest BCUT2D eigenvalue weighted by atomic mass is 16.4. The van der Waals surface area contributed by atoms with Gasteiger partial charge in [-0.3, -0.25) is 9.59 Å². The van der Waals surface area contributed by atoms with Crippen molar-refractivity contribution in [3.8, 4) is 0 Å². The lowest BCUT2D eigenvalue weighted by molar-refractivity contribution is -0.157. The fourth-order valence-corrected chi connectivity index (χ4v) is 2.23. The highest BCUT2D eigenvalue weighted by Crippen LogP contribution is 2.34. The molecule has 1 rings (SSSR count). The molecule has 0 aliphatic heterocycles. The molecule has 0 fully saturated rings. The van der Waals surface area contributed by atoms with Crippen LogP contribution in [-0.4, -0.2) is 22.2 Å². The molecule has 1 aliphatic rings. The van der Waals surface area contributed by atoms with Crippen molar-refractivity contribution in [2.24, 2.45) is 23.7 Å². The first-order chi connectivity index (χ1) is 6.95. The number of carboxylic acid groups (broad SMARTS) is 2. The third kappa shape index (κ3) is 2.37. The monoisotopic (exact) mass is 212 g/mol. The zero-order chi connectivity index (χ0) is 11.6. The van der Waals surface area contributed by atoms with Crippen LogP contribution in [0.3, 0.4) is 0 Å². The number of rotatable bonds is 2. The third-order valence-electron chi connectivity index (χ3n) is 3.08. The number of hydrogen-bond donors (Lipinski definition) is 2. The van der Waals surface area contributed by atoms with Crippen molar-refractivity contribution < 1.29 is 19.8 Å². The Morgan fingerprint density at radius 2 is 1.67 bits per heavy atom. The van der Waals surface area contributed by atoms with Gasteiger partial charge < -0.3 is 10.2 Å². The minimum atomic E-state index is -1.02. The number of carboxylic acids is 2. The molecule has 0 saturated heterocycles. The molecular weight excluding hydrogens is 196 g/mol. The van der Waals surface area contributed by atoms with Crippen LogP contribution in [0.25, 0.3) is 0 Å². The summed E-state index contributed by atoms with van der Waals surface area (Å²) in [5.74, 6) is -4.01. The number of carbonyl (C=O) groups is 2. The molecule has 84 valence electrons. The van der Waals surface area contributed by atoms with Gasteiger partial charge in [0, 0.05) is 0 Å². The molecule has 0 amide bonds. The molecule has 15 heavy (non-hydrogen) atoms. The molecule has 4 heteroatoms. The molecule has 4 atom stereocenters. The maximum Gasteiger partial charge on any atom is 0.307 e. The Balaban J connectivity index is 3.05. The highest BCUT2D eigenvalue weighted by Gasteiger charge is 2.41. The molecule has 2 N–H and O–H groups in total. The maximum atomic E-state index is 11.1. The van der Waals surface area contributed by atoms with Crippen molar-refractivity contribution in [3.05, 3.63) is 12.2 Å². The largest absolute Gasteiger partial charge is 0.481 e. The minimum Gasteiger partial charge on any atom is -0.481 e. The molecule has 0 aromatic carbocycles. The number of hydrogen-bond acceptors (Lipinski definition) is 2. The van der Waals surface area contributed by atoms with Crippen molar-refractivity contribution in [2.45, 2.75) is 20.3 Å². The van der Waals surface area contributed by atoms with E-state index in [9.17, 15) is 9.59 Å². The smallest absolute Gasteiger partial charge is 0.307 e. The zero-order valence-corrected chi connectivity index (χ0v) is 8.88. The van der Waals surface area contributed by atoms with E-state index < -0.39 is 23.8 Å². The first-order valence-corrected chi connectivity index (χ1v) is 5.07. The first kappa shape index (κ1) is 11.8. The predicted molar refractivity (Wildman–Crippen MR) is 54.3 cm³/mol. The van der Waals surface area contributed by atoms with Crippen molar-refractivity contribution >= 4 is 11.9 Å². The summed E-state index contributed by atoms with van der Waals surface area (Å²) < 4.78 is 0. The van der Waals surface area contributed by atoms with Crippen molar-refractivity contribution in [3.63, 3.8) is 0 Å². The van der Waals surface area contributed by atoms with Crippen LogP contribution in [0.4, 0.5) is 0 Å². The molecular formula is C11H16O4. The lowest BCUT2D eigenvalue weighted by Gasteiger charge is -2.25. The van der Waals surface area contributed by atoms with Crippen LogP contribution in [0.15, 0.2) is 12.2 Å². The summed E-state index contributed by atoms with van der Waals surface area (Å²) in [6, 6.07) is 0. The Morgan fingerprint density at radius 3 is 2.13 bits per heavy atom. The summed E-state index contributed by atoms with van der Waals surface area (Å²) in [5.41, 5.74) is 0. The van der Waals surface area contributed by atoms with Crippen LogP contribution >= 0.6 is 0 Å². The Kier molecular flexibility index (Phi) is 3.50. The summed E-state index contributed by atoms with van der Waals surface area (Å²) in [7, 11) is 0. The van der Waals surface area contributed by atoms with Crippen molar-refractivity contribution in [2.75, 3.05) is 0 Å². The molecule has 0 aromatic rings. The van der Waals surface area contributed by atoms with E-state index in [0.717, 1.165) is 0 Å². The highest BCUT2D eigenvalue weighted by molar-refractivity contribution is 5.80. The van der Waals surface area contributed by atoms with E-state index in [4.69, 9.17) is 10.2 Å². The summed E-state index contributed by atoms with van der Waals surface area (Å²) in [6.45, 7) is 3.54. The lowest BCUT2D eigenvalue weighted by atomic mass is 9.77. The van der Waals surface area contributed by atoms with Gasteiger partial charge in [0.2, 0.25) is 0 Å². The standard InChI is InChI=1S/C11H16O4/c1-6-4-3-5-7(2)9(11(14)15)8(6)10(12)13/h3-4,6-9H,5H2,1-2H3,(H,12,13)(H,14,15). The third-order valence-corrected chi connectivity index (χ3v) is 3.08. The molecule has 4 unspecified atom stereocenters. The Hall–Kier alpha value is -1.32. The summed E-state index contributed by atoms with van der Waals surface area (Å²) in [5, 5.41) is 18.2. The zero-order valence-electron chi connectivity index (χ0n) is 8.88. The van der Waals surface area contributed by atoms with Gasteiger partial charge >= 0.3 is 11.9 Å². The van der Waals surface area contributed by atoms with Crippen LogP contribution in [-0.2, 0) is 9.59 Å². The van der Waals surface area contributed by atoms with E-state index in [0.29, 0.717) is 6.42 Å². The Labute approximate surface area is 88.6 Å². The molecule has 0 saturated carbocycles. The molecule has 0 spiro atoms. The number of aliphatic carboxylic acids is 2. The van der Waals surface area contributed by atoms with Gasteiger partial charge in [0.15, 0.2) is 0 Å².